The number of rotatable bonds is 5. The zero-order valence-electron chi connectivity index (χ0n) is 8.16. The van der Waals surface area contributed by atoms with Crippen LogP contribution in [0.15, 0.2) is 0 Å². The number of carbonyl (C=O) groups is 1. The van der Waals surface area contributed by atoms with Gasteiger partial charge in [-0.05, 0) is 19.4 Å². The molecular formula is C9H18N2O2. The van der Waals surface area contributed by atoms with E-state index in [1.54, 1.807) is 7.11 Å². The summed E-state index contributed by atoms with van der Waals surface area (Å²) >= 11 is 0. The molecule has 76 valence electrons. The van der Waals surface area contributed by atoms with Gasteiger partial charge in [-0.3, -0.25) is 4.79 Å². The summed E-state index contributed by atoms with van der Waals surface area (Å²) in [5, 5.41) is 0. The molecule has 1 rings (SSSR count). The summed E-state index contributed by atoms with van der Waals surface area (Å²) in [6, 6.07) is 0. The highest BCUT2D eigenvalue weighted by Crippen LogP contribution is 2.11. The van der Waals surface area contributed by atoms with Gasteiger partial charge < -0.3 is 15.4 Å². The van der Waals surface area contributed by atoms with Crippen LogP contribution in [-0.4, -0.2) is 43.7 Å². The van der Waals surface area contributed by atoms with Gasteiger partial charge in [-0.15, -0.1) is 0 Å². The second-order valence-electron chi connectivity index (χ2n) is 3.52. The molecule has 0 unspecified atom stereocenters. The first-order valence-corrected chi connectivity index (χ1v) is 4.76. The van der Waals surface area contributed by atoms with Crippen LogP contribution in [0.4, 0.5) is 0 Å². The Kier molecular flexibility index (Phi) is 4.18. The predicted molar refractivity (Wildman–Crippen MR) is 50.3 cm³/mol. The zero-order chi connectivity index (χ0) is 9.68. The van der Waals surface area contributed by atoms with Gasteiger partial charge >= 0.3 is 0 Å². The molecule has 0 radical (unpaired) electrons. The third kappa shape index (κ3) is 3.74. The van der Waals surface area contributed by atoms with Gasteiger partial charge in [-0.2, -0.15) is 0 Å². The molecule has 4 nitrogen and oxygen atoms in total. The van der Waals surface area contributed by atoms with Gasteiger partial charge in [0.1, 0.15) is 0 Å². The summed E-state index contributed by atoms with van der Waals surface area (Å²) in [4.78, 5) is 12.8. The summed E-state index contributed by atoms with van der Waals surface area (Å²) in [6.45, 7) is 3.04. The van der Waals surface area contributed by atoms with Gasteiger partial charge in [0.15, 0.2) is 0 Å². The second-order valence-corrected chi connectivity index (χ2v) is 3.52. The number of amides is 1. The fourth-order valence-electron chi connectivity index (χ4n) is 1.67. The Morgan fingerprint density at radius 1 is 1.69 bits per heavy atom. The van der Waals surface area contributed by atoms with E-state index in [2.05, 4.69) is 4.90 Å². The SMILES string of the molecule is CO[C@H]1CCN(CCCC(N)=O)C1. The molecule has 0 saturated carbocycles. The molecule has 2 N–H and O–H groups in total. The molecule has 0 bridgehead atoms. The van der Waals surface area contributed by atoms with E-state index in [0.29, 0.717) is 12.5 Å². The molecule has 1 aliphatic heterocycles. The van der Waals surface area contributed by atoms with Gasteiger partial charge in [0, 0.05) is 26.6 Å². The summed E-state index contributed by atoms with van der Waals surface area (Å²) < 4.78 is 5.24. The molecule has 13 heavy (non-hydrogen) atoms. The van der Waals surface area contributed by atoms with Gasteiger partial charge in [0.2, 0.25) is 5.91 Å². The minimum Gasteiger partial charge on any atom is -0.380 e. The molecule has 1 saturated heterocycles. The quantitative estimate of drug-likeness (QED) is 0.656. The lowest BCUT2D eigenvalue weighted by Gasteiger charge is -2.14. The number of hydrogen-bond donors (Lipinski definition) is 1. The highest BCUT2D eigenvalue weighted by atomic mass is 16.5. The lowest BCUT2D eigenvalue weighted by Crippen LogP contribution is -2.25. The number of hydrogen-bond acceptors (Lipinski definition) is 3. The molecular weight excluding hydrogens is 168 g/mol. The van der Waals surface area contributed by atoms with Gasteiger partial charge in [-0.25, -0.2) is 0 Å². The number of ether oxygens (including phenoxy) is 1. The van der Waals surface area contributed by atoms with Crippen LogP contribution in [0, 0.1) is 0 Å². The number of likely N-dealkylation sites (tertiary alicyclic amines) is 1. The molecule has 1 heterocycles. The number of nitrogens with two attached hydrogens (primary N) is 1. The summed E-state index contributed by atoms with van der Waals surface area (Å²) in [5.41, 5.74) is 5.05. The van der Waals surface area contributed by atoms with Gasteiger partial charge in [-0.1, -0.05) is 0 Å². The van der Waals surface area contributed by atoms with Crippen LogP contribution in [0.25, 0.3) is 0 Å². The molecule has 0 aliphatic carbocycles. The zero-order valence-corrected chi connectivity index (χ0v) is 8.16. The number of primary amides is 1. The Labute approximate surface area is 79.0 Å². The van der Waals surface area contributed by atoms with Crippen LogP contribution in [0.3, 0.4) is 0 Å². The van der Waals surface area contributed by atoms with Crippen LogP contribution in [0.2, 0.25) is 0 Å². The largest absolute Gasteiger partial charge is 0.380 e. The van der Waals surface area contributed by atoms with E-state index in [-0.39, 0.29) is 5.91 Å². The Balaban J connectivity index is 2.07. The van der Waals surface area contributed by atoms with Crippen molar-refractivity contribution in [3.8, 4) is 0 Å². The Morgan fingerprint density at radius 3 is 3.00 bits per heavy atom. The molecule has 0 aromatic rings. The van der Waals surface area contributed by atoms with Gasteiger partial charge in [0.25, 0.3) is 0 Å². The van der Waals surface area contributed by atoms with Crippen molar-refractivity contribution in [2.45, 2.75) is 25.4 Å². The summed E-state index contributed by atoms with van der Waals surface area (Å²) in [5.74, 6) is -0.206. The van der Waals surface area contributed by atoms with E-state index < -0.39 is 0 Å². The van der Waals surface area contributed by atoms with Crippen LogP contribution < -0.4 is 5.73 Å². The van der Waals surface area contributed by atoms with Crippen molar-refractivity contribution in [3.63, 3.8) is 0 Å². The monoisotopic (exact) mass is 186 g/mol. The van der Waals surface area contributed by atoms with E-state index in [9.17, 15) is 4.79 Å². The van der Waals surface area contributed by atoms with Crippen LogP contribution in [-0.2, 0) is 9.53 Å². The molecule has 1 fully saturated rings. The van der Waals surface area contributed by atoms with Gasteiger partial charge in [0.05, 0.1) is 6.10 Å². The standard InChI is InChI=1S/C9H18N2O2/c1-13-8-4-6-11(7-8)5-2-3-9(10)12/h8H,2-7H2,1H3,(H2,10,12)/t8-/m0/s1. The molecule has 0 aromatic carbocycles. The van der Waals surface area contributed by atoms with Crippen LogP contribution >= 0.6 is 0 Å². The van der Waals surface area contributed by atoms with Crippen LogP contribution in [0.1, 0.15) is 19.3 Å². The van der Waals surface area contributed by atoms with Crippen LogP contribution in [0.5, 0.6) is 0 Å². The van der Waals surface area contributed by atoms with E-state index in [1.807, 2.05) is 0 Å². The van der Waals surface area contributed by atoms with Crippen molar-refractivity contribution in [1.82, 2.24) is 4.90 Å². The van der Waals surface area contributed by atoms with Crippen molar-refractivity contribution in [2.24, 2.45) is 5.73 Å². The number of nitrogens with zero attached hydrogens (tertiary/aromatic N) is 1. The first kappa shape index (κ1) is 10.5. The first-order valence-electron chi connectivity index (χ1n) is 4.76. The lowest BCUT2D eigenvalue weighted by atomic mass is 10.3. The van der Waals surface area contributed by atoms with Crippen molar-refractivity contribution in [3.05, 3.63) is 0 Å². The highest BCUT2D eigenvalue weighted by molar-refractivity contribution is 5.73. The Bertz CT molecular complexity index is 173. The third-order valence-electron chi connectivity index (χ3n) is 2.46. The fraction of sp³-hybridized carbons (Fsp3) is 0.889. The van der Waals surface area contributed by atoms with E-state index in [0.717, 1.165) is 32.5 Å². The first-order chi connectivity index (χ1) is 6.22. The predicted octanol–water partition coefficient (Wildman–Crippen LogP) is -0.0274. The molecule has 1 amide bonds. The van der Waals surface area contributed by atoms with E-state index in [4.69, 9.17) is 10.5 Å². The molecule has 0 spiro atoms. The molecule has 1 aliphatic rings. The topological polar surface area (TPSA) is 55.6 Å². The van der Waals surface area contributed by atoms with Crippen molar-refractivity contribution < 1.29 is 9.53 Å². The normalized spacial score (nSPS) is 23.6. The summed E-state index contributed by atoms with van der Waals surface area (Å²) in [6.07, 6.45) is 2.85. The average Bonchev–Trinajstić information content (AvgIpc) is 2.52. The van der Waals surface area contributed by atoms with E-state index in [1.165, 1.54) is 0 Å². The molecule has 0 aromatic heterocycles. The lowest BCUT2D eigenvalue weighted by molar-refractivity contribution is -0.118. The minimum atomic E-state index is -0.206. The number of methoxy groups -OCH3 is 1. The maximum atomic E-state index is 10.5. The van der Waals surface area contributed by atoms with Crippen molar-refractivity contribution >= 4 is 5.91 Å². The number of carbonyl (C=O) groups excluding carboxylic acids is 1. The Hall–Kier alpha value is -0.610. The second kappa shape index (κ2) is 5.19. The minimum absolute atomic E-state index is 0.206. The fourth-order valence-corrected chi connectivity index (χ4v) is 1.67. The van der Waals surface area contributed by atoms with E-state index >= 15 is 0 Å². The molecule has 4 heteroatoms. The third-order valence-corrected chi connectivity index (χ3v) is 2.46. The highest BCUT2D eigenvalue weighted by Gasteiger charge is 2.21. The average molecular weight is 186 g/mol. The maximum absolute atomic E-state index is 10.5. The molecule has 1 atom stereocenters. The Morgan fingerprint density at radius 2 is 2.46 bits per heavy atom. The maximum Gasteiger partial charge on any atom is 0.217 e. The van der Waals surface area contributed by atoms with Crippen molar-refractivity contribution in [1.29, 1.82) is 0 Å². The smallest absolute Gasteiger partial charge is 0.217 e. The van der Waals surface area contributed by atoms with Crippen molar-refractivity contribution in [2.75, 3.05) is 26.7 Å². The summed E-state index contributed by atoms with van der Waals surface area (Å²) in [7, 11) is 1.75.